The first-order valence-corrected chi connectivity index (χ1v) is 9.83. The molecule has 0 spiro atoms. The van der Waals surface area contributed by atoms with Gasteiger partial charge in [-0.15, -0.1) is 0 Å². The number of halogens is 1. The molecule has 1 aliphatic rings. The molecule has 1 aromatic heterocycles. The van der Waals surface area contributed by atoms with Crippen LogP contribution in [0.1, 0.15) is 36.4 Å². The summed E-state index contributed by atoms with van der Waals surface area (Å²) >= 11 is 0. The summed E-state index contributed by atoms with van der Waals surface area (Å²) in [4.78, 5) is 2.46. The minimum atomic E-state index is -0.295. The van der Waals surface area contributed by atoms with E-state index in [9.17, 15) is 4.39 Å². The second kappa shape index (κ2) is 8.71. The quantitative estimate of drug-likeness (QED) is 0.622. The maximum atomic E-state index is 13.3. The Bertz CT molecular complexity index is 902. The van der Waals surface area contributed by atoms with Gasteiger partial charge in [0.15, 0.2) is 5.58 Å². The van der Waals surface area contributed by atoms with Gasteiger partial charge in [-0.3, -0.25) is 0 Å². The lowest BCUT2D eigenvalue weighted by Crippen LogP contribution is -2.34. The van der Waals surface area contributed by atoms with Crippen LogP contribution in [0, 0.1) is 5.82 Å². The first-order chi connectivity index (χ1) is 13.7. The molecule has 1 fully saturated rings. The van der Waals surface area contributed by atoms with Crippen LogP contribution in [0.4, 0.5) is 4.39 Å². The molecule has 2 aromatic carbocycles. The fourth-order valence-electron chi connectivity index (χ4n) is 3.82. The number of aliphatic hydroxyl groups excluding tert-OH is 1. The smallest absolute Gasteiger partial charge is 0.170 e. The molecule has 1 saturated heterocycles. The lowest BCUT2D eigenvalue weighted by atomic mass is 9.91. The molecule has 0 unspecified atom stereocenters. The Balaban J connectivity index is 1.22. The van der Waals surface area contributed by atoms with Crippen LogP contribution in [-0.4, -0.2) is 41.4 Å². The van der Waals surface area contributed by atoms with E-state index in [1.54, 1.807) is 6.07 Å². The van der Waals surface area contributed by atoms with E-state index in [2.05, 4.69) is 10.1 Å². The van der Waals surface area contributed by atoms with E-state index < -0.39 is 0 Å². The number of fused-ring (bicyclic) bond motifs is 1. The molecular weight excluding hydrogens is 359 g/mol. The average molecular weight is 384 g/mol. The highest BCUT2D eigenvalue weighted by atomic mass is 19.1. The molecule has 1 aliphatic heterocycles. The summed E-state index contributed by atoms with van der Waals surface area (Å²) in [7, 11) is 0. The third kappa shape index (κ3) is 4.34. The molecule has 4 rings (SSSR count). The summed E-state index contributed by atoms with van der Waals surface area (Å²) in [6, 6.07) is 12.2. The van der Waals surface area contributed by atoms with E-state index >= 15 is 0 Å². The summed E-state index contributed by atoms with van der Waals surface area (Å²) in [6.45, 7) is 3.78. The van der Waals surface area contributed by atoms with Crippen LogP contribution in [-0.2, 0) is 6.61 Å². The van der Waals surface area contributed by atoms with Gasteiger partial charge in [0.2, 0.25) is 0 Å². The molecule has 6 heteroatoms. The molecular formula is C22H25FN2O3. The zero-order valence-corrected chi connectivity index (χ0v) is 15.8. The highest BCUT2D eigenvalue weighted by Crippen LogP contribution is 2.32. The normalized spacial score (nSPS) is 15.9. The van der Waals surface area contributed by atoms with E-state index in [1.165, 1.54) is 12.1 Å². The number of hydrogen-bond donors (Lipinski definition) is 1. The summed E-state index contributed by atoms with van der Waals surface area (Å²) in [5.74, 6) is 0.908. The Morgan fingerprint density at radius 2 is 1.93 bits per heavy atom. The number of benzene rings is 2. The molecule has 0 radical (unpaired) electrons. The van der Waals surface area contributed by atoms with Gasteiger partial charge in [-0.05, 0) is 62.2 Å². The van der Waals surface area contributed by atoms with Crippen molar-refractivity contribution in [2.75, 3.05) is 26.2 Å². The molecule has 2 heterocycles. The largest absolute Gasteiger partial charge is 0.494 e. The number of piperidine rings is 1. The van der Waals surface area contributed by atoms with Gasteiger partial charge in [0.25, 0.3) is 0 Å². The van der Waals surface area contributed by atoms with Crippen molar-refractivity contribution in [2.24, 2.45) is 0 Å². The Hall–Kier alpha value is -2.44. The highest BCUT2D eigenvalue weighted by Gasteiger charge is 2.24. The van der Waals surface area contributed by atoms with Crippen LogP contribution in [0.15, 0.2) is 47.0 Å². The minimum absolute atomic E-state index is 0.0528. The van der Waals surface area contributed by atoms with E-state index in [4.69, 9.17) is 14.4 Å². The predicted octanol–water partition coefficient (Wildman–Crippen LogP) is 4.11. The van der Waals surface area contributed by atoms with Gasteiger partial charge in [-0.1, -0.05) is 17.3 Å². The van der Waals surface area contributed by atoms with E-state index in [-0.39, 0.29) is 12.4 Å². The van der Waals surface area contributed by atoms with Crippen LogP contribution in [0.3, 0.4) is 0 Å². The van der Waals surface area contributed by atoms with Crippen molar-refractivity contribution >= 4 is 11.0 Å². The van der Waals surface area contributed by atoms with E-state index in [1.807, 2.05) is 24.3 Å². The predicted molar refractivity (Wildman–Crippen MR) is 105 cm³/mol. The molecule has 28 heavy (non-hydrogen) atoms. The molecule has 0 atom stereocenters. The molecule has 0 saturated carbocycles. The second-order valence-electron chi connectivity index (χ2n) is 7.33. The van der Waals surface area contributed by atoms with Crippen molar-refractivity contribution in [1.29, 1.82) is 0 Å². The Morgan fingerprint density at radius 1 is 1.14 bits per heavy atom. The van der Waals surface area contributed by atoms with Gasteiger partial charge >= 0.3 is 0 Å². The van der Waals surface area contributed by atoms with E-state index in [0.29, 0.717) is 18.1 Å². The van der Waals surface area contributed by atoms with Crippen LogP contribution >= 0.6 is 0 Å². The monoisotopic (exact) mass is 384 g/mol. The van der Waals surface area contributed by atoms with Gasteiger partial charge in [0.05, 0.1) is 18.9 Å². The van der Waals surface area contributed by atoms with Crippen molar-refractivity contribution in [3.8, 4) is 5.75 Å². The lowest BCUT2D eigenvalue weighted by Gasteiger charge is -2.31. The average Bonchev–Trinajstić information content (AvgIpc) is 3.15. The van der Waals surface area contributed by atoms with Crippen molar-refractivity contribution in [1.82, 2.24) is 10.1 Å². The Labute approximate surface area is 163 Å². The summed E-state index contributed by atoms with van der Waals surface area (Å²) in [6.07, 6.45) is 3.03. The molecule has 148 valence electrons. The number of nitrogens with zero attached hydrogens (tertiary/aromatic N) is 2. The molecule has 0 amide bonds. The summed E-state index contributed by atoms with van der Waals surface area (Å²) < 4.78 is 24.4. The second-order valence-corrected chi connectivity index (χ2v) is 7.33. The van der Waals surface area contributed by atoms with Gasteiger partial charge in [-0.2, -0.15) is 0 Å². The molecule has 3 aromatic rings. The van der Waals surface area contributed by atoms with Crippen LogP contribution < -0.4 is 4.74 Å². The van der Waals surface area contributed by atoms with Crippen molar-refractivity contribution in [3.63, 3.8) is 0 Å². The number of aromatic nitrogens is 1. The number of likely N-dealkylation sites (tertiary alicyclic amines) is 1. The summed E-state index contributed by atoms with van der Waals surface area (Å²) in [5.41, 5.74) is 2.38. The summed E-state index contributed by atoms with van der Waals surface area (Å²) in [5, 5.41) is 14.2. The van der Waals surface area contributed by atoms with Crippen LogP contribution in [0.5, 0.6) is 5.75 Å². The maximum Gasteiger partial charge on any atom is 0.170 e. The molecule has 0 aliphatic carbocycles. The number of hydrogen-bond acceptors (Lipinski definition) is 5. The zero-order valence-electron chi connectivity index (χ0n) is 15.8. The third-order valence-electron chi connectivity index (χ3n) is 5.43. The van der Waals surface area contributed by atoms with Gasteiger partial charge in [0.1, 0.15) is 11.6 Å². The molecule has 1 N–H and O–H groups in total. The fraction of sp³-hybridized carbons (Fsp3) is 0.409. The maximum absolute atomic E-state index is 13.3. The van der Waals surface area contributed by atoms with Gasteiger partial charge in [-0.25, -0.2) is 4.39 Å². The van der Waals surface area contributed by atoms with Gasteiger partial charge < -0.3 is 19.3 Å². The van der Waals surface area contributed by atoms with Gasteiger partial charge in [0, 0.05) is 23.9 Å². The van der Waals surface area contributed by atoms with Crippen LogP contribution in [0.2, 0.25) is 0 Å². The zero-order chi connectivity index (χ0) is 19.3. The van der Waals surface area contributed by atoms with E-state index in [0.717, 1.165) is 61.3 Å². The van der Waals surface area contributed by atoms with Crippen molar-refractivity contribution in [2.45, 2.75) is 31.8 Å². The van der Waals surface area contributed by atoms with Crippen LogP contribution in [0.25, 0.3) is 11.0 Å². The molecule has 0 bridgehead atoms. The number of ether oxygens (including phenoxy) is 1. The topological polar surface area (TPSA) is 58.7 Å². The Morgan fingerprint density at radius 3 is 2.68 bits per heavy atom. The van der Waals surface area contributed by atoms with Crippen molar-refractivity contribution < 1.29 is 18.8 Å². The number of aliphatic hydroxyl groups is 1. The Kier molecular flexibility index (Phi) is 5.88. The standard InChI is InChI=1S/C22H25FN2O3/c23-18-4-7-20-21(14-18)28-24-22(20)17-8-11-25(12-9-17)10-1-13-27-19-5-2-16(15-26)3-6-19/h2-7,14,17,26H,1,8-13,15H2. The first kappa shape index (κ1) is 18.9. The lowest BCUT2D eigenvalue weighted by molar-refractivity contribution is 0.191. The third-order valence-corrected chi connectivity index (χ3v) is 5.43. The fourth-order valence-corrected chi connectivity index (χ4v) is 3.82. The minimum Gasteiger partial charge on any atom is -0.494 e. The molecule has 5 nitrogen and oxygen atoms in total. The van der Waals surface area contributed by atoms with Crippen molar-refractivity contribution in [3.05, 3.63) is 59.5 Å². The SMILES string of the molecule is OCc1ccc(OCCCN2CCC(c3noc4cc(F)ccc34)CC2)cc1. The number of rotatable bonds is 7. The highest BCUT2D eigenvalue weighted by molar-refractivity contribution is 5.79. The first-order valence-electron chi connectivity index (χ1n) is 9.83.